The third kappa shape index (κ3) is 4.60. The number of nitrogens with two attached hydrogens (primary N) is 1. The fraction of sp³-hybridized carbons (Fsp3) is 0.833. The van der Waals surface area contributed by atoms with E-state index in [9.17, 15) is 4.79 Å². The standard InChI is InChI=1S/C12H22N2O2S/c1-12(2,11(15)16-3)8-14(9-4-5-9)7-6-10(13)17/h9H,4-8H2,1-3H3,(H2,13,17). The molecule has 0 saturated heterocycles. The zero-order valence-electron chi connectivity index (χ0n) is 10.9. The van der Waals surface area contributed by atoms with Crippen LogP contribution in [0.15, 0.2) is 0 Å². The molecule has 0 aromatic heterocycles. The largest absolute Gasteiger partial charge is 0.469 e. The Labute approximate surface area is 108 Å². The number of hydrogen-bond donors (Lipinski definition) is 1. The van der Waals surface area contributed by atoms with Gasteiger partial charge in [0.15, 0.2) is 0 Å². The van der Waals surface area contributed by atoms with Crippen LogP contribution in [0.3, 0.4) is 0 Å². The summed E-state index contributed by atoms with van der Waals surface area (Å²) in [6.45, 7) is 5.36. The van der Waals surface area contributed by atoms with Crippen molar-refractivity contribution in [1.82, 2.24) is 4.90 Å². The lowest BCUT2D eigenvalue weighted by molar-refractivity contribution is -0.151. The third-order valence-electron chi connectivity index (χ3n) is 3.05. The van der Waals surface area contributed by atoms with E-state index in [1.165, 1.54) is 20.0 Å². The smallest absolute Gasteiger partial charge is 0.312 e. The van der Waals surface area contributed by atoms with Crippen LogP contribution in [-0.2, 0) is 9.53 Å². The van der Waals surface area contributed by atoms with Crippen molar-refractivity contribution >= 4 is 23.2 Å². The van der Waals surface area contributed by atoms with Crippen LogP contribution in [0.4, 0.5) is 0 Å². The first-order valence-corrected chi connectivity index (χ1v) is 6.38. The quantitative estimate of drug-likeness (QED) is 0.551. The van der Waals surface area contributed by atoms with Crippen molar-refractivity contribution < 1.29 is 9.53 Å². The topological polar surface area (TPSA) is 55.6 Å². The van der Waals surface area contributed by atoms with Gasteiger partial charge < -0.3 is 10.5 Å². The average molecular weight is 258 g/mol. The number of nitrogens with zero attached hydrogens (tertiary/aromatic N) is 1. The predicted molar refractivity (Wildman–Crippen MR) is 71.8 cm³/mol. The summed E-state index contributed by atoms with van der Waals surface area (Å²) >= 11 is 4.90. The Hall–Kier alpha value is -0.680. The normalized spacial score (nSPS) is 16.0. The molecule has 2 N–H and O–H groups in total. The van der Waals surface area contributed by atoms with E-state index in [-0.39, 0.29) is 5.97 Å². The van der Waals surface area contributed by atoms with Crippen molar-refractivity contribution in [3.05, 3.63) is 0 Å². The van der Waals surface area contributed by atoms with Gasteiger partial charge in [-0.25, -0.2) is 0 Å². The Balaban J connectivity index is 2.53. The Morgan fingerprint density at radius 3 is 2.53 bits per heavy atom. The van der Waals surface area contributed by atoms with E-state index in [1.807, 2.05) is 13.8 Å². The molecule has 5 heteroatoms. The maximum absolute atomic E-state index is 11.7. The Morgan fingerprint density at radius 1 is 1.53 bits per heavy atom. The molecule has 0 amide bonds. The summed E-state index contributed by atoms with van der Waals surface area (Å²) in [5, 5.41) is 0. The van der Waals surface area contributed by atoms with Gasteiger partial charge in [-0.05, 0) is 26.7 Å². The highest BCUT2D eigenvalue weighted by Gasteiger charge is 2.36. The molecule has 1 aliphatic rings. The van der Waals surface area contributed by atoms with Crippen molar-refractivity contribution in [2.75, 3.05) is 20.2 Å². The van der Waals surface area contributed by atoms with Crippen LogP contribution in [0.25, 0.3) is 0 Å². The molecule has 0 radical (unpaired) electrons. The molecule has 1 fully saturated rings. The summed E-state index contributed by atoms with van der Waals surface area (Å²) in [6, 6.07) is 0.591. The Bertz CT molecular complexity index is 301. The molecule has 0 spiro atoms. The molecule has 0 heterocycles. The summed E-state index contributed by atoms with van der Waals surface area (Å²) in [5.41, 5.74) is 5.05. The summed E-state index contributed by atoms with van der Waals surface area (Å²) in [4.78, 5) is 14.5. The van der Waals surface area contributed by atoms with Crippen LogP contribution in [0.5, 0.6) is 0 Å². The number of rotatable bonds is 7. The first kappa shape index (κ1) is 14.4. The monoisotopic (exact) mass is 258 g/mol. The highest BCUT2D eigenvalue weighted by molar-refractivity contribution is 7.80. The zero-order valence-corrected chi connectivity index (χ0v) is 11.7. The fourth-order valence-electron chi connectivity index (χ4n) is 1.93. The number of methoxy groups -OCH3 is 1. The number of carbonyl (C=O) groups is 1. The van der Waals surface area contributed by atoms with Gasteiger partial charge in [0.2, 0.25) is 0 Å². The molecular weight excluding hydrogens is 236 g/mol. The predicted octanol–water partition coefficient (Wildman–Crippen LogP) is 1.33. The lowest BCUT2D eigenvalue weighted by Crippen LogP contribution is -2.42. The number of thiocarbonyl (C=S) groups is 1. The van der Waals surface area contributed by atoms with Crippen molar-refractivity contribution in [3.63, 3.8) is 0 Å². The molecule has 0 bridgehead atoms. The minimum Gasteiger partial charge on any atom is -0.469 e. The summed E-state index contributed by atoms with van der Waals surface area (Å²) in [5.74, 6) is -0.168. The SMILES string of the molecule is COC(=O)C(C)(C)CN(CCC(N)=S)C1CC1. The van der Waals surface area contributed by atoms with Crippen LogP contribution in [0.2, 0.25) is 0 Å². The van der Waals surface area contributed by atoms with Crippen LogP contribution in [0, 0.1) is 5.41 Å². The highest BCUT2D eigenvalue weighted by atomic mass is 32.1. The van der Waals surface area contributed by atoms with E-state index in [2.05, 4.69) is 4.90 Å². The van der Waals surface area contributed by atoms with Crippen LogP contribution in [0.1, 0.15) is 33.1 Å². The van der Waals surface area contributed by atoms with Crippen molar-refractivity contribution in [2.24, 2.45) is 11.1 Å². The summed E-state index contributed by atoms with van der Waals surface area (Å²) in [6.07, 6.45) is 3.12. The molecule has 1 saturated carbocycles. The molecule has 0 aromatic rings. The van der Waals surface area contributed by atoms with E-state index in [0.717, 1.165) is 6.54 Å². The van der Waals surface area contributed by atoms with E-state index in [1.54, 1.807) is 0 Å². The van der Waals surface area contributed by atoms with Crippen molar-refractivity contribution in [3.8, 4) is 0 Å². The van der Waals surface area contributed by atoms with Gasteiger partial charge in [-0.2, -0.15) is 0 Å². The second-order valence-corrected chi connectivity index (χ2v) is 5.82. The number of hydrogen-bond acceptors (Lipinski definition) is 4. The third-order valence-corrected chi connectivity index (χ3v) is 3.25. The lowest BCUT2D eigenvalue weighted by Gasteiger charge is -2.30. The fourth-order valence-corrected chi connectivity index (χ4v) is 2.02. The Kier molecular flexibility index (Phi) is 4.89. The molecule has 0 aromatic carbocycles. The van der Waals surface area contributed by atoms with Crippen molar-refractivity contribution in [2.45, 2.75) is 39.2 Å². The second kappa shape index (κ2) is 5.78. The number of carbonyl (C=O) groups excluding carboxylic acids is 1. The first-order valence-electron chi connectivity index (χ1n) is 5.97. The highest BCUT2D eigenvalue weighted by Crippen LogP contribution is 2.30. The van der Waals surface area contributed by atoms with Gasteiger partial charge in [-0.1, -0.05) is 12.2 Å². The van der Waals surface area contributed by atoms with Gasteiger partial charge in [-0.3, -0.25) is 9.69 Å². The van der Waals surface area contributed by atoms with E-state index >= 15 is 0 Å². The van der Waals surface area contributed by atoms with Crippen LogP contribution < -0.4 is 5.73 Å². The molecule has 98 valence electrons. The van der Waals surface area contributed by atoms with E-state index in [0.29, 0.717) is 24.0 Å². The van der Waals surface area contributed by atoms with Gasteiger partial charge in [0.25, 0.3) is 0 Å². The average Bonchev–Trinajstić information content (AvgIpc) is 3.06. The molecule has 0 aliphatic heterocycles. The van der Waals surface area contributed by atoms with E-state index in [4.69, 9.17) is 22.7 Å². The maximum atomic E-state index is 11.7. The lowest BCUT2D eigenvalue weighted by atomic mass is 9.92. The second-order valence-electron chi connectivity index (χ2n) is 5.29. The maximum Gasteiger partial charge on any atom is 0.312 e. The molecule has 17 heavy (non-hydrogen) atoms. The zero-order chi connectivity index (χ0) is 13.1. The minimum atomic E-state index is -0.479. The molecular formula is C12H22N2O2S. The molecule has 4 nitrogen and oxygen atoms in total. The van der Waals surface area contributed by atoms with E-state index < -0.39 is 5.41 Å². The van der Waals surface area contributed by atoms with Crippen LogP contribution >= 0.6 is 12.2 Å². The van der Waals surface area contributed by atoms with Gasteiger partial charge in [-0.15, -0.1) is 0 Å². The molecule has 0 unspecified atom stereocenters. The summed E-state index contributed by atoms with van der Waals surface area (Å²) < 4.78 is 4.83. The van der Waals surface area contributed by atoms with Gasteiger partial charge in [0.05, 0.1) is 17.5 Å². The van der Waals surface area contributed by atoms with Gasteiger partial charge >= 0.3 is 5.97 Å². The number of esters is 1. The van der Waals surface area contributed by atoms with Gasteiger partial charge in [0, 0.05) is 25.6 Å². The summed E-state index contributed by atoms with van der Waals surface area (Å²) in [7, 11) is 1.43. The number of ether oxygens (including phenoxy) is 1. The molecule has 0 atom stereocenters. The molecule has 1 rings (SSSR count). The van der Waals surface area contributed by atoms with Gasteiger partial charge in [0.1, 0.15) is 0 Å². The Morgan fingerprint density at radius 2 is 2.12 bits per heavy atom. The van der Waals surface area contributed by atoms with Crippen molar-refractivity contribution in [1.29, 1.82) is 0 Å². The first-order chi connectivity index (χ1) is 7.86. The van der Waals surface area contributed by atoms with Crippen LogP contribution in [-0.4, -0.2) is 42.1 Å². The molecule has 1 aliphatic carbocycles. The minimum absolute atomic E-state index is 0.168.